The highest BCUT2D eigenvalue weighted by Crippen LogP contribution is 2.51. The topological polar surface area (TPSA) is 18.5 Å². The second-order valence-corrected chi connectivity index (χ2v) is 6.90. The van der Waals surface area contributed by atoms with Gasteiger partial charge >= 0.3 is 0 Å². The van der Waals surface area contributed by atoms with Gasteiger partial charge in [0.15, 0.2) is 11.5 Å². The Kier molecular flexibility index (Phi) is 4.27. The zero-order valence-corrected chi connectivity index (χ0v) is 14.0. The van der Waals surface area contributed by atoms with E-state index in [4.69, 9.17) is 9.47 Å². The van der Waals surface area contributed by atoms with Gasteiger partial charge in [-0.2, -0.15) is 0 Å². The van der Waals surface area contributed by atoms with Crippen LogP contribution in [-0.4, -0.2) is 18.0 Å². The van der Waals surface area contributed by atoms with Crippen molar-refractivity contribution >= 4 is 31.9 Å². The van der Waals surface area contributed by atoms with Gasteiger partial charge in [-0.3, -0.25) is 0 Å². The van der Waals surface area contributed by atoms with Crippen LogP contribution >= 0.6 is 31.9 Å². The summed E-state index contributed by atoms with van der Waals surface area (Å²) in [6.45, 7) is 4.48. The first-order valence-electron chi connectivity index (χ1n) is 6.16. The first-order chi connectivity index (χ1) is 8.52. The third-order valence-corrected chi connectivity index (χ3v) is 6.09. The Morgan fingerprint density at radius 3 is 2.72 bits per heavy atom. The summed E-state index contributed by atoms with van der Waals surface area (Å²) in [4.78, 5) is 0.536. The highest BCUT2D eigenvalue weighted by atomic mass is 79.9. The van der Waals surface area contributed by atoms with Crippen molar-refractivity contribution in [2.24, 2.45) is 5.41 Å². The van der Waals surface area contributed by atoms with Crippen molar-refractivity contribution in [3.8, 4) is 11.5 Å². The van der Waals surface area contributed by atoms with E-state index in [-0.39, 0.29) is 11.5 Å². The molecule has 18 heavy (non-hydrogen) atoms. The molecule has 1 aromatic rings. The minimum Gasteiger partial charge on any atom is -0.493 e. The number of ether oxygens (including phenoxy) is 2. The summed E-state index contributed by atoms with van der Waals surface area (Å²) in [5, 5.41) is 0. The molecule has 1 saturated carbocycles. The molecule has 1 aliphatic carbocycles. The number of para-hydroxylation sites is 1. The molecular formula is C14H18Br2O2. The largest absolute Gasteiger partial charge is 0.493 e. The van der Waals surface area contributed by atoms with Gasteiger partial charge in [0.05, 0.1) is 11.6 Å². The van der Waals surface area contributed by atoms with Crippen LogP contribution in [-0.2, 0) is 0 Å². The van der Waals surface area contributed by atoms with Crippen LogP contribution in [0, 0.1) is 5.41 Å². The average Bonchev–Trinajstić information content (AvgIpc) is 2.39. The van der Waals surface area contributed by atoms with Crippen LogP contribution in [0.5, 0.6) is 11.5 Å². The molecule has 0 heterocycles. The summed E-state index contributed by atoms with van der Waals surface area (Å²) in [6.07, 6.45) is 2.37. The predicted molar refractivity (Wildman–Crippen MR) is 80.8 cm³/mol. The molecule has 3 unspecified atom stereocenters. The van der Waals surface area contributed by atoms with E-state index in [1.54, 1.807) is 7.11 Å². The SMILES string of the molecule is CCC1(C)C(Br)CC1Oc1c(Br)cccc1OC. The molecule has 0 radical (unpaired) electrons. The highest BCUT2D eigenvalue weighted by Gasteiger charge is 2.51. The molecule has 1 aromatic carbocycles. The van der Waals surface area contributed by atoms with Gasteiger partial charge in [-0.15, -0.1) is 0 Å². The summed E-state index contributed by atoms with van der Waals surface area (Å²) in [7, 11) is 1.67. The Morgan fingerprint density at radius 2 is 2.17 bits per heavy atom. The Morgan fingerprint density at radius 1 is 1.44 bits per heavy atom. The first-order valence-corrected chi connectivity index (χ1v) is 7.87. The monoisotopic (exact) mass is 376 g/mol. The van der Waals surface area contributed by atoms with Gasteiger partial charge in [-0.05, 0) is 40.9 Å². The van der Waals surface area contributed by atoms with Crippen molar-refractivity contribution in [2.75, 3.05) is 7.11 Å². The lowest BCUT2D eigenvalue weighted by molar-refractivity contribution is -0.0260. The maximum absolute atomic E-state index is 6.18. The molecular weight excluding hydrogens is 360 g/mol. The number of rotatable bonds is 4. The molecule has 0 spiro atoms. The maximum atomic E-state index is 6.18. The van der Waals surface area contributed by atoms with Crippen molar-refractivity contribution in [2.45, 2.75) is 37.6 Å². The normalized spacial score (nSPS) is 30.7. The van der Waals surface area contributed by atoms with Crippen molar-refractivity contribution < 1.29 is 9.47 Å². The number of alkyl halides is 1. The van der Waals surface area contributed by atoms with Gasteiger partial charge in [0.2, 0.25) is 0 Å². The van der Waals surface area contributed by atoms with Gasteiger partial charge in [0.25, 0.3) is 0 Å². The zero-order valence-electron chi connectivity index (χ0n) is 10.9. The molecule has 1 fully saturated rings. The highest BCUT2D eigenvalue weighted by molar-refractivity contribution is 9.10. The smallest absolute Gasteiger partial charge is 0.175 e. The maximum Gasteiger partial charge on any atom is 0.175 e. The summed E-state index contributed by atoms with van der Waals surface area (Å²) in [6, 6.07) is 5.85. The summed E-state index contributed by atoms with van der Waals surface area (Å²) >= 11 is 7.26. The third kappa shape index (κ3) is 2.29. The van der Waals surface area contributed by atoms with E-state index in [1.165, 1.54) is 0 Å². The standard InChI is InChI=1S/C14H18Br2O2/c1-4-14(2)11(16)8-12(14)18-13-9(15)6-5-7-10(13)17-3/h5-7,11-12H,4,8H2,1-3H3. The van der Waals surface area contributed by atoms with Gasteiger partial charge in [-0.25, -0.2) is 0 Å². The molecule has 0 N–H and O–H groups in total. The van der Waals surface area contributed by atoms with Crippen molar-refractivity contribution in [1.82, 2.24) is 0 Å². The van der Waals surface area contributed by atoms with Crippen LogP contribution in [0.3, 0.4) is 0 Å². The average molecular weight is 378 g/mol. The summed E-state index contributed by atoms with van der Waals surface area (Å²) < 4.78 is 12.5. The Balaban J connectivity index is 2.21. The van der Waals surface area contributed by atoms with E-state index in [9.17, 15) is 0 Å². The molecule has 0 aromatic heterocycles. The quantitative estimate of drug-likeness (QED) is 0.702. The second kappa shape index (κ2) is 5.41. The molecule has 0 bridgehead atoms. The predicted octanol–water partition coefficient (Wildman–Crippen LogP) is 4.79. The number of methoxy groups -OCH3 is 1. The van der Waals surface area contributed by atoms with Gasteiger partial charge in [0.1, 0.15) is 6.10 Å². The van der Waals surface area contributed by atoms with Crippen molar-refractivity contribution in [3.05, 3.63) is 22.7 Å². The number of hydrogen-bond donors (Lipinski definition) is 0. The molecule has 0 aliphatic heterocycles. The molecule has 100 valence electrons. The summed E-state index contributed by atoms with van der Waals surface area (Å²) in [5.74, 6) is 1.59. The van der Waals surface area contributed by atoms with E-state index in [0.29, 0.717) is 4.83 Å². The van der Waals surface area contributed by atoms with Gasteiger partial charge in [0, 0.05) is 10.2 Å². The second-order valence-electron chi connectivity index (χ2n) is 4.94. The lowest BCUT2D eigenvalue weighted by atomic mass is 9.65. The van der Waals surface area contributed by atoms with E-state index in [0.717, 1.165) is 28.8 Å². The van der Waals surface area contributed by atoms with E-state index in [2.05, 4.69) is 45.7 Å². The number of benzene rings is 1. The first kappa shape index (κ1) is 14.2. The number of halogens is 2. The van der Waals surface area contributed by atoms with Crippen LogP contribution < -0.4 is 9.47 Å². The van der Waals surface area contributed by atoms with Crippen LogP contribution in [0.4, 0.5) is 0 Å². The van der Waals surface area contributed by atoms with Crippen LogP contribution in [0.15, 0.2) is 22.7 Å². The third-order valence-electron chi connectivity index (χ3n) is 4.04. The fourth-order valence-corrected chi connectivity index (χ4v) is 3.71. The van der Waals surface area contributed by atoms with Crippen molar-refractivity contribution in [1.29, 1.82) is 0 Å². The molecule has 2 nitrogen and oxygen atoms in total. The Labute approximate surface area is 125 Å². The Bertz CT molecular complexity index is 436. The fourth-order valence-electron chi connectivity index (χ4n) is 2.31. The minimum atomic E-state index is 0.195. The molecule has 4 heteroatoms. The zero-order chi connectivity index (χ0) is 13.3. The van der Waals surface area contributed by atoms with Gasteiger partial charge in [-0.1, -0.05) is 35.8 Å². The fraction of sp³-hybridized carbons (Fsp3) is 0.571. The van der Waals surface area contributed by atoms with Gasteiger partial charge < -0.3 is 9.47 Å². The van der Waals surface area contributed by atoms with E-state index < -0.39 is 0 Å². The molecule has 3 atom stereocenters. The molecule has 1 aliphatic rings. The molecule has 0 amide bonds. The lowest BCUT2D eigenvalue weighted by Crippen LogP contribution is -2.54. The molecule has 2 rings (SSSR count). The van der Waals surface area contributed by atoms with E-state index in [1.807, 2.05) is 18.2 Å². The van der Waals surface area contributed by atoms with Crippen LogP contribution in [0.2, 0.25) is 0 Å². The van der Waals surface area contributed by atoms with E-state index >= 15 is 0 Å². The minimum absolute atomic E-state index is 0.195. The Hall–Kier alpha value is -0.220. The van der Waals surface area contributed by atoms with Crippen LogP contribution in [0.25, 0.3) is 0 Å². The summed E-state index contributed by atoms with van der Waals surface area (Å²) in [5.41, 5.74) is 0.195. The van der Waals surface area contributed by atoms with Crippen LogP contribution in [0.1, 0.15) is 26.7 Å². The number of hydrogen-bond acceptors (Lipinski definition) is 2. The van der Waals surface area contributed by atoms with Crippen molar-refractivity contribution in [3.63, 3.8) is 0 Å². The lowest BCUT2D eigenvalue weighted by Gasteiger charge is -2.50. The molecule has 0 saturated heterocycles.